The van der Waals surface area contributed by atoms with Crippen molar-refractivity contribution in [1.29, 1.82) is 0 Å². The van der Waals surface area contributed by atoms with Crippen LogP contribution in [-0.4, -0.2) is 54.0 Å². The maximum Gasteiger partial charge on any atom is 0.257 e. The van der Waals surface area contributed by atoms with Crippen molar-refractivity contribution in [3.05, 3.63) is 48.3 Å². The lowest BCUT2D eigenvalue weighted by atomic mass is 10.2. The Morgan fingerprint density at radius 1 is 1.19 bits per heavy atom. The fraction of sp³-hybridized carbons (Fsp3) is 0.294. The summed E-state index contributed by atoms with van der Waals surface area (Å²) >= 11 is 0. The predicted molar refractivity (Wildman–Crippen MR) is 94.1 cm³/mol. The van der Waals surface area contributed by atoms with E-state index in [2.05, 4.69) is 35.5 Å². The molecule has 9 heteroatoms. The van der Waals surface area contributed by atoms with Crippen molar-refractivity contribution < 1.29 is 4.79 Å². The van der Waals surface area contributed by atoms with Crippen molar-refractivity contribution in [2.24, 2.45) is 0 Å². The number of hydrogen-bond acceptors (Lipinski definition) is 7. The van der Waals surface area contributed by atoms with Crippen LogP contribution in [0.2, 0.25) is 0 Å². The van der Waals surface area contributed by atoms with Gasteiger partial charge in [0.1, 0.15) is 17.3 Å². The first-order chi connectivity index (χ1) is 12.8. The van der Waals surface area contributed by atoms with Crippen molar-refractivity contribution in [3.63, 3.8) is 0 Å². The molecule has 9 nitrogen and oxygen atoms in total. The molecule has 0 unspecified atom stereocenters. The third-order valence-electron chi connectivity index (χ3n) is 4.18. The molecule has 0 saturated carbocycles. The summed E-state index contributed by atoms with van der Waals surface area (Å²) in [6.45, 7) is 1.97. The molecule has 0 spiro atoms. The average Bonchev–Trinajstić information content (AvgIpc) is 3.39. The molecule has 0 radical (unpaired) electrons. The number of pyridine rings is 1. The summed E-state index contributed by atoms with van der Waals surface area (Å²) in [6.07, 6.45) is 8.56. The predicted octanol–water partition coefficient (Wildman–Crippen LogP) is 1.50. The van der Waals surface area contributed by atoms with Gasteiger partial charge in [0.15, 0.2) is 0 Å². The number of anilines is 1. The van der Waals surface area contributed by atoms with Gasteiger partial charge in [-0.05, 0) is 25.0 Å². The Labute approximate surface area is 149 Å². The third kappa shape index (κ3) is 3.37. The highest BCUT2D eigenvalue weighted by Gasteiger charge is 2.22. The van der Waals surface area contributed by atoms with E-state index in [-0.39, 0.29) is 5.91 Å². The van der Waals surface area contributed by atoms with E-state index < -0.39 is 0 Å². The number of likely N-dealkylation sites (tertiary alicyclic amines) is 1. The molecule has 0 atom stereocenters. The molecule has 3 aromatic heterocycles. The minimum atomic E-state index is 0.0101. The first-order valence-corrected chi connectivity index (χ1v) is 8.47. The molecule has 1 fully saturated rings. The maximum absolute atomic E-state index is 12.7. The molecular weight excluding hydrogens is 332 g/mol. The Morgan fingerprint density at radius 2 is 2.08 bits per heavy atom. The summed E-state index contributed by atoms with van der Waals surface area (Å²) in [7, 11) is 0. The topological polar surface area (TPSA) is 113 Å². The van der Waals surface area contributed by atoms with Crippen molar-refractivity contribution in [2.75, 3.05) is 18.4 Å². The van der Waals surface area contributed by atoms with Crippen LogP contribution in [0.1, 0.15) is 29.0 Å². The molecule has 4 rings (SSSR count). The summed E-state index contributed by atoms with van der Waals surface area (Å²) in [5.41, 5.74) is 1.17. The zero-order valence-electron chi connectivity index (χ0n) is 14.1. The quantitative estimate of drug-likeness (QED) is 0.717. The molecule has 0 aromatic carbocycles. The number of hydrogen-bond donors (Lipinski definition) is 2. The Bertz CT molecular complexity index is 889. The van der Waals surface area contributed by atoms with Gasteiger partial charge in [-0.25, -0.2) is 15.0 Å². The molecule has 132 valence electrons. The van der Waals surface area contributed by atoms with E-state index in [0.29, 0.717) is 35.3 Å². The van der Waals surface area contributed by atoms with E-state index in [0.717, 1.165) is 25.9 Å². The lowest BCUT2D eigenvalue weighted by molar-refractivity contribution is 0.0793. The molecule has 1 saturated heterocycles. The zero-order valence-corrected chi connectivity index (χ0v) is 14.1. The second-order valence-electron chi connectivity index (χ2n) is 5.95. The van der Waals surface area contributed by atoms with Crippen LogP contribution in [0.3, 0.4) is 0 Å². The van der Waals surface area contributed by atoms with Crippen LogP contribution in [0.25, 0.3) is 11.5 Å². The first-order valence-electron chi connectivity index (χ1n) is 8.47. The van der Waals surface area contributed by atoms with Gasteiger partial charge in [-0.1, -0.05) is 0 Å². The van der Waals surface area contributed by atoms with E-state index in [4.69, 9.17) is 0 Å². The normalized spacial score (nSPS) is 13.8. The third-order valence-corrected chi connectivity index (χ3v) is 4.18. The molecular formula is C17H18N8O. The molecule has 3 aromatic rings. The van der Waals surface area contributed by atoms with Gasteiger partial charge in [0.2, 0.25) is 5.82 Å². The second kappa shape index (κ2) is 7.26. The van der Waals surface area contributed by atoms with Gasteiger partial charge in [-0.3, -0.25) is 14.9 Å². The van der Waals surface area contributed by atoms with Crippen LogP contribution in [0.4, 0.5) is 5.82 Å². The standard InChI is InChI=1S/C17H18N8O/c26-17(25-8-1-2-9-25)12-4-3-5-20-15(12)21-11-14-22-16(24-23-14)13-10-18-6-7-19-13/h3-7,10H,1-2,8-9,11H2,(H,20,21)(H,22,23,24). The summed E-state index contributed by atoms with van der Waals surface area (Å²) in [6, 6.07) is 3.57. The number of carbonyl (C=O) groups is 1. The van der Waals surface area contributed by atoms with Crippen LogP contribution in [0.5, 0.6) is 0 Å². The van der Waals surface area contributed by atoms with Gasteiger partial charge < -0.3 is 10.2 Å². The Hall–Kier alpha value is -3.36. The number of amides is 1. The summed E-state index contributed by atoms with van der Waals surface area (Å²) in [5, 5.41) is 10.2. The van der Waals surface area contributed by atoms with Crippen molar-refractivity contribution >= 4 is 11.7 Å². The maximum atomic E-state index is 12.7. The molecule has 1 aliphatic heterocycles. The van der Waals surface area contributed by atoms with Crippen LogP contribution in [-0.2, 0) is 6.54 Å². The number of nitrogens with zero attached hydrogens (tertiary/aromatic N) is 6. The number of rotatable bonds is 5. The fourth-order valence-corrected chi connectivity index (χ4v) is 2.88. The number of aromatic nitrogens is 6. The SMILES string of the molecule is O=C(c1cccnc1NCc1nc(-c2cnccn2)n[nH]1)N1CCCC1. The summed E-state index contributed by atoms with van der Waals surface area (Å²) < 4.78 is 0. The van der Waals surface area contributed by atoms with Gasteiger partial charge in [-0.2, -0.15) is 5.10 Å². The lowest BCUT2D eigenvalue weighted by Gasteiger charge is -2.17. The van der Waals surface area contributed by atoms with Crippen molar-refractivity contribution in [2.45, 2.75) is 19.4 Å². The highest BCUT2D eigenvalue weighted by Crippen LogP contribution is 2.18. The van der Waals surface area contributed by atoms with E-state index >= 15 is 0 Å². The largest absolute Gasteiger partial charge is 0.362 e. The van der Waals surface area contributed by atoms with Gasteiger partial charge in [-0.15, -0.1) is 0 Å². The Morgan fingerprint density at radius 3 is 2.88 bits per heavy atom. The monoisotopic (exact) mass is 350 g/mol. The van der Waals surface area contributed by atoms with Crippen molar-refractivity contribution in [3.8, 4) is 11.5 Å². The van der Waals surface area contributed by atoms with Crippen LogP contribution in [0, 0.1) is 0 Å². The Balaban J connectivity index is 1.47. The number of nitrogens with one attached hydrogen (secondary N) is 2. The molecule has 1 aliphatic rings. The van der Waals surface area contributed by atoms with E-state index in [1.54, 1.807) is 36.9 Å². The van der Waals surface area contributed by atoms with Gasteiger partial charge in [0, 0.05) is 31.7 Å². The smallest absolute Gasteiger partial charge is 0.257 e. The molecule has 0 aliphatic carbocycles. The summed E-state index contributed by atoms with van der Waals surface area (Å²) in [5.74, 6) is 1.65. The molecule has 1 amide bonds. The first kappa shape index (κ1) is 16.1. The van der Waals surface area contributed by atoms with Gasteiger partial charge >= 0.3 is 0 Å². The lowest BCUT2D eigenvalue weighted by Crippen LogP contribution is -2.28. The van der Waals surface area contributed by atoms with Crippen LogP contribution >= 0.6 is 0 Å². The summed E-state index contributed by atoms with van der Waals surface area (Å²) in [4.78, 5) is 31.4. The van der Waals surface area contributed by atoms with Crippen molar-refractivity contribution in [1.82, 2.24) is 35.0 Å². The minimum absolute atomic E-state index is 0.0101. The van der Waals surface area contributed by atoms with Gasteiger partial charge in [0.05, 0.1) is 18.3 Å². The fourth-order valence-electron chi connectivity index (χ4n) is 2.88. The number of H-pyrrole nitrogens is 1. The second-order valence-corrected chi connectivity index (χ2v) is 5.95. The van der Waals surface area contributed by atoms with Crippen LogP contribution < -0.4 is 5.32 Å². The number of carbonyl (C=O) groups excluding carboxylic acids is 1. The molecule has 4 heterocycles. The highest BCUT2D eigenvalue weighted by atomic mass is 16.2. The average molecular weight is 350 g/mol. The molecule has 0 bridgehead atoms. The Kier molecular flexibility index (Phi) is 4.50. The zero-order chi connectivity index (χ0) is 17.8. The van der Waals surface area contributed by atoms with E-state index in [1.165, 1.54) is 0 Å². The van der Waals surface area contributed by atoms with E-state index in [9.17, 15) is 4.79 Å². The number of aromatic amines is 1. The molecule has 2 N–H and O–H groups in total. The highest BCUT2D eigenvalue weighted by molar-refractivity contribution is 5.98. The van der Waals surface area contributed by atoms with Crippen LogP contribution in [0.15, 0.2) is 36.9 Å². The van der Waals surface area contributed by atoms with Gasteiger partial charge in [0.25, 0.3) is 5.91 Å². The minimum Gasteiger partial charge on any atom is -0.362 e. The molecule has 26 heavy (non-hydrogen) atoms. The van der Waals surface area contributed by atoms with E-state index in [1.807, 2.05) is 4.90 Å².